The van der Waals surface area contributed by atoms with Crippen LogP contribution in [0.1, 0.15) is 36.1 Å². The standard InChI is InChI=1S/C23H21F5N4O/c1-12-8-17(23(26,27)28)16(10-29)21(30-12)32-11-13-4-3-5-15(13)20(32)22(33)31(2)19-7-6-14(24)9-18(19)25/h6-9,13,15,20H,3-5,11H2,1-2H3/t13-,15-,20-/m0/s1. The van der Waals surface area contributed by atoms with E-state index in [2.05, 4.69) is 4.98 Å². The van der Waals surface area contributed by atoms with Gasteiger partial charge in [-0.2, -0.15) is 18.4 Å². The second-order valence-corrected chi connectivity index (χ2v) is 8.56. The van der Waals surface area contributed by atoms with E-state index in [1.54, 1.807) is 6.07 Å². The molecule has 1 aromatic carbocycles. The third-order valence-corrected chi connectivity index (χ3v) is 6.56. The molecule has 2 heterocycles. The van der Waals surface area contributed by atoms with Crippen LogP contribution in [0.25, 0.3) is 0 Å². The Kier molecular flexibility index (Phi) is 5.76. The van der Waals surface area contributed by atoms with Crippen molar-refractivity contribution in [3.05, 3.63) is 52.7 Å². The number of amides is 1. The van der Waals surface area contributed by atoms with Crippen molar-refractivity contribution in [2.75, 3.05) is 23.4 Å². The molecule has 33 heavy (non-hydrogen) atoms. The van der Waals surface area contributed by atoms with Crippen molar-refractivity contribution in [2.24, 2.45) is 11.8 Å². The van der Waals surface area contributed by atoms with E-state index in [1.807, 2.05) is 0 Å². The highest BCUT2D eigenvalue weighted by Crippen LogP contribution is 2.46. The largest absolute Gasteiger partial charge is 0.417 e. The number of carbonyl (C=O) groups excluding carboxylic acids is 1. The number of likely N-dealkylation sites (N-methyl/N-ethyl adjacent to an activating group) is 1. The lowest BCUT2D eigenvalue weighted by molar-refractivity contribution is -0.137. The first-order valence-corrected chi connectivity index (χ1v) is 10.5. The minimum Gasteiger partial charge on any atom is -0.343 e. The van der Waals surface area contributed by atoms with E-state index in [0.717, 1.165) is 35.9 Å². The molecule has 1 amide bonds. The summed E-state index contributed by atoms with van der Waals surface area (Å²) in [5.74, 6) is -2.59. The number of carbonyl (C=O) groups is 1. The predicted octanol–water partition coefficient (Wildman–Crippen LogP) is 4.83. The first-order valence-electron chi connectivity index (χ1n) is 10.5. The van der Waals surface area contributed by atoms with Gasteiger partial charge in [0.15, 0.2) is 0 Å². The number of hydrogen-bond acceptors (Lipinski definition) is 4. The molecule has 1 aliphatic carbocycles. The van der Waals surface area contributed by atoms with E-state index in [0.29, 0.717) is 12.5 Å². The number of nitriles is 1. The predicted molar refractivity (Wildman–Crippen MR) is 110 cm³/mol. The van der Waals surface area contributed by atoms with Crippen molar-refractivity contribution in [1.29, 1.82) is 5.26 Å². The molecule has 4 rings (SSSR count). The molecule has 2 aromatic rings. The third kappa shape index (κ3) is 4.01. The van der Waals surface area contributed by atoms with Crippen LogP contribution in [0.4, 0.5) is 33.5 Å². The van der Waals surface area contributed by atoms with Crippen molar-refractivity contribution < 1.29 is 26.7 Å². The van der Waals surface area contributed by atoms with Crippen LogP contribution in [-0.2, 0) is 11.0 Å². The van der Waals surface area contributed by atoms with Gasteiger partial charge in [0.2, 0.25) is 5.91 Å². The lowest BCUT2D eigenvalue weighted by atomic mass is 9.93. The van der Waals surface area contributed by atoms with Gasteiger partial charge < -0.3 is 9.80 Å². The molecule has 2 fully saturated rings. The van der Waals surface area contributed by atoms with Gasteiger partial charge in [0.25, 0.3) is 0 Å². The summed E-state index contributed by atoms with van der Waals surface area (Å²) >= 11 is 0. The molecule has 0 N–H and O–H groups in total. The molecule has 174 valence electrons. The average Bonchev–Trinajstić information content (AvgIpc) is 3.32. The SMILES string of the molecule is Cc1cc(C(F)(F)F)c(C#N)c(N2C[C@@H]3CCC[C@@H]3[C@H]2C(=O)N(C)c2ccc(F)cc2F)n1. The number of nitrogens with zero attached hydrogens (tertiary/aromatic N) is 4. The number of pyridine rings is 1. The zero-order valence-corrected chi connectivity index (χ0v) is 18.0. The van der Waals surface area contributed by atoms with Crippen LogP contribution >= 0.6 is 0 Å². The van der Waals surface area contributed by atoms with Gasteiger partial charge >= 0.3 is 6.18 Å². The fourth-order valence-electron chi connectivity index (χ4n) is 5.11. The highest BCUT2D eigenvalue weighted by atomic mass is 19.4. The number of anilines is 2. The summed E-state index contributed by atoms with van der Waals surface area (Å²) in [4.78, 5) is 20.3. The second kappa shape index (κ2) is 8.28. The summed E-state index contributed by atoms with van der Waals surface area (Å²) in [6, 6.07) is 4.35. The Balaban J connectivity index is 1.80. The Bertz CT molecular complexity index is 1140. The molecule has 3 atom stereocenters. The Morgan fingerprint density at radius 2 is 1.97 bits per heavy atom. The minimum absolute atomic E-state index is 0.0357. The first-order chi connectivity index (χ1) is 15.5. The number of fused-ring (bicyclic) bond motifs is 1. The van der Waals surface area contributed by atoms with E-state index >= 15 is 0 Å². The number of alkyl halides is 3. The monoisotopic (exact) mass is 464 g/mol. The highest BCUT2D eigenvalue weighted by molar-refractivity contribution is 5.99. The molecule has 2 aliphatic rings. The molecule has 1 aromatic heterocycles. The minimum atomic E-state index is -4.77. The van der Waals surface area contributed by atoms with Crippen LogP contribution in [0.3, 0.4) is 0 Å². The molecule has 10 heteroatoms. The molecule has 1 aliphatic heterocycles. The van der Waals surface area contributed by atoms with Crippen LogP contribution in [0.5, 0.6) is 0 Å². The molecule has 0 spiro atoms. The lowest BCUT2D eigenvalue weighted by Crippen LogP contribution is -2.48. The number of aromatic nitrogens is 1. The Labute approximate surface area is 187 Å². The quantitative estimate of drug-likeness (QED) is 0.611. The summed E-state index contributed by atoms with van der Waals surface area (Å²) in [5.41, 5.74) is -1.82. The molecule has 0 bridgehead atoms. The van der Waals surface area contributed by atoms with Gasteiger partial charge in [-0.15, -0.1) is 0 Å². The summed E-state index contributed by atoms with van der Waals surface area (Å²) in [7, 11) is 1.34. The average molecular weight is 464 g/mol. The van der Waals surface area contributed by atoms with E-state index in [9.17, 15) is 32.0 Å². The molecule has 5 nitrogen and oxygen atoms in total. The Morgan fingerprint density at radius 1 is 1.24 bits per heavy atom. The van der Waals surface area contributed by atoms with E-state index in [1.165, 1.54) is 18.9 Å². The number of rotatable bonds is 3. The van der Waals surface area contributed by atoms with Crippen molar-refractivity contribution in [1.82, 2.24) is 4.98 Å². The van der Waals surface area contributed by atoms with E-state index in [-0.39, 0.29) is 35.6 Å². The molecule has 0 radical (unpaired) electrons. The molecule has 1 saturated carbocycles. The zero-order chi connectivity index (χ0) is 24.1. The Morgan fingerprint density at radius 3 is 2.61 bits per heavy atom. The number of aryl methyl sites for hydroxylation is 1. The summed E-state index contributed by atoms with van der Waals surface area (Å²) in [6.45, 7) is 1.66. The lowest BCUT2D eigenvalue weighted by Gasteiger charge is -2.32. The van der Waals surface area contributed by atoms with Gasteiger partial charge in [0.05, 0.1) is 11.3 Å². The fourth-order valence-corrected chi connectivity index (χ4v) is 5.11. The smallest absolute Gasteiger partial charge is 0.343 e. The second-order valence-electron chi connectivity index (χ2n) is 8.56. The fraction of sp³-hybridized carbons (Fsp3) is 0.435. The van der Waals surface area contributed by atoms with Gasteiger partial charge in [-0.05, 0) is 49.8 Å². The van der Waals surface area contributed by atoms with E-state index < -0.39 is 40.9 Å². The van der Waals surface area contributed by atoms with Crippen molar-refractivity contribution in [2.45, 2.75) is 38.4 Å². The maximum absolute atomic E-state index is 14.4. The van der Waals surface area contributed by atoms with Gasteiger partial charge in [-0.1, -0.05) is 6.42 Å². The summed E-state index contributed by atoms with van der Waals surface area (Å²) in [5, 5.41) is 9.59. The molecular weight excluding hydrogens is 443 g/mol. The van der Waals surface area contributed by atoms with Gasteiger partial charge in [0.1, 0.15) is 35.1 Å². The number of halogens is 5. The highest BCUT2D eigenvalue weighted by Gasteiger charge is 2.50. The number of benzene rings is 1. The van der Waals surface area contributed by atoms with Crippen molar-refractivity contribution >= 4 is 17.4 Å². The maximum atomic E-state index is 14.4. The maximum Gasteiger partial charge on any atom is 0.417 e. The summed E-state index contributed by atoms with van der Waals surface area (Å²) in [6.07, 6.45) is -2.44. The van der Waals surface area contributed by atoms with Crippen LogP contribution in [-0.4, -0.2) is 30.5 Å². The van der Waals surface area contributed by atoms with Crippen molar-refractivity contribution in [3.8, 4) is 6.07 Å². The van der Waals surface area contributed by atoms with Crippen LogP contribution < -0.4 is 9.80 Å². The normalized spacial score (nSPS) is 22.2. The zero-order valence-electron chi connectivity index (χ0n) is 18.0. The van der Waals surface area contributed by atoms with E-state index in [4.69, 9.17) is 0 Å². The van der Waals surface area contributed by atoms with Crippen LogP contribution in [0.2, 0.25) is 0 Å². The van der Waals surface area contributed by atoms with Gasteiger partial charge in [-0.3, -0.25) is 4.79 Å². The van der Waals surface area contributed by atoms with Gasteiger partial charge in [-0.25, -0.2) is 13.8 Å². The molecular formula is C23H21F5N4O. The first kappa shape index (κ1) is 23.0. The van der Waals surface area contributed by atoms with Crippen LogP contribution in [0, 0.1) is 41.7 Å². The third-order valence-electron chi connectivity index (χ3n) is 6.56. The number of hydrogen-bond donors (Lipinski definition) is 0. The molecule has 0 unspecified atom stereocenters. The Hall–Kier alpha value is -3.22. The van der Waals surface area contributed by atoms with Crippen molar-refractivity contribution in [3.63, 3.8) is 0 Å². The summed E-state index contributed by atoms with van der Waals surface area (Å²) < 4.78 is 68.7. The molecule has 1 saturated heterocycles. The topological polar surface area (TPSA) is 60.2 Å². The van der Waals surface area contributed by atoms with Crippen LogP contribution in [0.15, 0.2) is 24.3 Å². The van der Waals surface area contributed by atoms with Gasteiger partial charge in [0, 0.05) is 25.4 Å².